The number of ether oxygens (including phenoxy) is 2. The van der Waals surface area contributed by atoms with E-state index in [0.717, 1.165) is 17.3 Å². The molecule has 5 rings (SSSR count). The van der Waals surface area contributed by atoms with Crippen LogP contribution in [0.4, 0.5) is 13.2 Å². The highest BCUT2D eigenvalue weighted by Gasteiger charge is 2.31. The average Bonchev–Trinajstić information content (AvgIpc) is 3.49. The molecule has 0 saturated carbocycles. The number of methoxy groups -OCH3 is 1. The lowest BCUT2D eigenvalue weighted by molar-refractivity contribution is -0.153. The number of benzene rings is 1. The fourth-order valence-electron chi connectivity index (χ4n) is 4.84. The predicted octanol–water partition coefficient (Wildman–Crippen LogP) is 6.63. The molecule has 0 aliphatic carbocycles. The molecule has 4 heterocycles. The molecule has 0 aliphatic heterocycles. The van der Waals surface area contributed by atoms with E-state index in [9.17, 15) is 23.1 Å². The van der Waals surface area contributed by atoms with Crippen molar-refractivity contribution in [2.75, 3.05) is 13.7 Å². The number of aryl methyl sites for hydroxylation is 2. The zero-order valence-corrected chi connectivity index (χ0v) is 22.5. The minimum atomic E-state index is -4.66. The Morgan fingerprint density at radius 1 is 1.12 bits per heavy atom. The highest BCUT2D eigenvalue weighted by Crippen LogP contribution is 2.45. The number of aromatic nitrogens is 4. The Bertz CT molecular complexity index is 1730. The SMILES string of the molecule is COc1cc(C(=O)O)cc(OCC(F)(F)F)c1-c1cn(C(C)c2ccccn2)c2ncc(-c3c(C)noc3C)cc12. The fraction of sp³-hybridized carbons (Fsp3) is 0.241. The van der Waals surface area contributed by atoms with Crippen LogP contribution in [0.15, 0.2) is 59.5 Å². The molecular formula is C29H25F3N4O5. The first-order chi connectivity index (χ1) is 19.5. The van der Waals surface area contributed by atoms with Crippen LogP contribution in [-0.4, -0.2) is 50.7 Å². The maximum Gasteiger partial charge on any atom is 0.422 e. The summed E-state index contributed by atoms with van der Waals surface area (Å²) in [6.45, 7) is 3.85. The van der Waals surface area contributed by atoms with E-state index in [-0.39, 0.29) is 28.7 Å². The summed E-state index contributed by atoms with van der Waals surface area (Å²) in [4.78, 5) is 21.0. The summed E-state index contributed by atoms with van der Waals surface area (Å²) in [5.74, 6) is -1.05. The summed E-state index contributed by atoms with van der Waals surface area (Å²) in [7, 11) is 1.31. The normalized spacial score (nSPS) is 12.5. The minimum absolute atomic E-state index is 0.0226. The monoisotopic (exact) mass is 566 g/mol. The first kappa shape index (κ1) is 27.7. The first-order valence-corrected chi connectivity index (χ1v) is 12.5. The first-order valence-electron chi connectivity index (χ1n) is 12.5. The number of alkyl halides is 3. The van der Waals surface area contributed by atoms with E-state index in [0.29, 0.717) is 33.6 Å². The summed E-state index contributed by atoms with van der Waals surface area (Å²) < 4.78 is 57.6. The number of pyridine rings is 2. The van der Waals surface area contributed by atoms with Crippen LogP contribution in [0.25, 0.3) is 33.3 Å². The molecule has 4 aromatic heterocycles. The van der Waals surface area contributed by atoms with E-state index in [1.54, 1.807) is 38.5 Å². The van der Waals surface area contributed by atoms with Gasteiger partial charge in [0.05, 0.1) is 35.7 Å². The van der Waals surface area contributed by atoms with Crippen molar-refractivity contribution < 1.29 is 37.1 Å². The number of fused-ring (bicyclic) bond motifs is 1. The standard InChI is InChI=1S/C29H25F3N4O5/c1-15-25(17(3)41-35-15)19-9-20-21(13-36(27(20)34-12-19)16(2)22-7-5-6-8-33-22)26-23(39-4)10-18(28(37)38)11-24(26)40-14-29(30,31)32/h5-13,16H,14H2,1-4H3,(H,37,38). The van der Waals surface area contributed by atoms with Crippen molar-refractivity contribution in [3.63, 3.8) is 0 Å². The van der Waals surface area contributed by atoms with Crippen molar-refractivity contribution in [2.24, 2.45) is 0 Å². The van der Waals surface area contributed by atoms with Crippen molar-refractivity contribution in [3.05, 3.63) is 77.7 Å². The smallest absolute Gasteiger partial charge is 0.422 e. The van der Waals surface area contributed by atoms with E-state index < -0.39 is 18.8 Å². The second-order valence-electron chi connectivity index (χ2n) is 9.44. The number of rotatable bonds is 8. The van der Waals surface area contributed by atoms with Gasteiger partial charge in [0.2, 0.25) is 0 Å². The van der Waals surface area contributed by atoms with Gasteiger partial charge in [-0.2, -0.15) is 13.2 Å². The van der Waals surface area contributed by atoms with Crippen LogP contribution in [0, 0.1) is 13.8 Å². The lowest BCUT2D eigenvalue weighted by Crippen LogP contribution is -2.19. The van der Waals surface area contributed by atoms with E-state index in [1.807, 2.05) is 29.7 Å². The van der Waals surface area contributed by atoms with Crippen molar-refractivity contribution in [3.8, 4) is 33.8 Å². The van der Waals surface area contributed by atoms with Gasteiger partial charge >= 0.3 is 12.1 Å². The Morgan fingerprint density at radius 3 is 2.49 bits per heavy atom. The molecule has 1 unspecified atom stereocenters. The van der Waals surface area contributed by atoms with Gasteiger partial charge in [-0.25, -0.2) is 9.78 Å². The van der Waals surface area contributed by atoms with Crippen LogP contribution in [0.3, 0.4) is 0 Å². The quantitative estimate of drug-likeness (QED) is 0.223. The van der Waals surface area contributed by atoms with Crippen LogP contribution in [0.5, 0.6) is 11.5 Å². The summed E-state index contributed by atoms with van der Waals surface area (Å²) in [5, 5.41) is 14.2. The van der Waals surface area contributed by atoms with Crippen LogP contribution in [0.2, 0.25) is 0 Å². The molecule has 9 nitrogen and oxygen atoms in total. The highest BCUT2D eigenvalue weighted by atomic mass is 19.4. The third kappa shape index (κ3) is 5.32. The van der Waals surface area contributed by atoms with Gasteiger partial charge < -0.3 is 23.7 Å². The summed E-state index contributed by atoms with van der Waals surface area (Å²) in [6.07, 6.45) is 0.403. The van der Waals surface area contributed by atoms with Gasteiger partial charge in [0, 0.05) is 40.7 Å². The number of carboxylic acid groups (broad SMARTS) is 1. The van der Waals surface area contributed by atoms with Gasteiger partial charge in [0.1, 0.15) is 22.9 Å². The fourth-order valence-corrected chi connectivity index (χ4v) is 4.84. The van der Waals surface area contributed by atoms with E-state index in [1.165, 1.54) is 13.2 Å². The second kappa shape index (κ2) is 10.6. The number of carboxylic acids is 1. The molecular weight excluding hydrogens is 541 g/mol. The molecule has 41 heavy (non-hydrogen) atoms. The molecule has 1 atom stereocenters. The number of nitrogens with zero attached hydrogens (tertiary/aromatic N) is 4. The van der Waals surface area contributed by atoms with Gasteiger partial charge in [-0.1, -0.05) is 11.2 Å². The molecule has 0 bridgehead atoms. The molecule has 0 spiro atoms. The lowest BCUT2D eigenvalue weighted by atomic mass is 9.99. The van der Waals surface area contributed by atoms with Crippen molar-refractivity contribution in [1.82, 2.24) is 19.7 Å². The third-order valence-corrected chi connectivity index (χ3v) is 6.72. The summed E-state index contributed by atoms with van der Waals surface area (Å²) in [6, 6.07) is 9.32. The molecule has 0 aliphatic rings. The Balaban J connectivity index is 1.82. The molecule has 1 aromatic carbocycles. The van der Waals surface area contributed by atoms with Crippen LogP contribution in [-0.2, 0) is 0 Å². The van der Waals surface area contributed by atoms with Crippen molar-refractivity contribution >= 4 is 17.0 Å². The maximum atomic E-state index is 13.2. The van der Waals surface area contributed by atoms with Crippen LogP contribution >= 0.6 is 0 Å². The number of hydrogen-bond acceptors (Lipinski definition) is 7. The molecule has 0 radical (unpaired) electrons. The average molecular weight is 567 g/mol. The van der Waals surface area contributed by atoms with Gasteiger partial charge in [-0.3, -0.25) is 4.98 Å². The highest BCUT2D eigenvalue weighted by molar-refractivity contribution is 6.01. The van der Waals surface area contributed by atoms with E-state index in [2.05, 4.69) is 10.1 Å². The zero-order chi connectivity index (χ0) is 29.5. The number of hydrogen-bond donors (Lipinski definition) is 1. The third-order valence-electron chi connectivity index (χ3n) is 6.72. The summed E-state index contributed by atoms with van der Waals surface area (Å²) in [5.41, 5.74) is 3.59. The molecule has 0 fully saturated rings. The zero-order valence-electron chi connectivity index (χ0n) is 22.5. The lowest BCUT2D eigenvalue weighted by Gasteiger charge is -2.17. The largest absolute Gasteiger partial charge is 0.496 e. The molecule has 12 heteroatoms. The van der Waals surface area contributed by atoms with E-state index in [4.69, 9.17) is 19.0 Å². The number of carbonyl (C=O) groups is 1. The van der Waals surface area contributed by atoms with Gasteiger partial charge in [0.25, 0.3) is 0 Å². The Morgan fingerprint density at radius 2 is 1.88 bits per heavy atom. The number of halogens is 3. The van der Waals surface area contributed by atoms with Crippen molar-refractivity contribution in [2.45, 2.75) is 33.0 Å². The Hall–Kier alpha value is -4.87. The molecule has 5 aromatic rings. The van der Waals surface area contributed by atoms with Crippen LogP contribution < -0.4 is 9.47 Å². The maximum absolute atomic E-state index is 13.2. The molecule has 0 saturated heterocycles. The van der Waals surface area contributed by atoms with Crippen LogP contribution in [0.1, 0.15) is 40.5 Å². The topological polar surface area (TPSA) is 113 Å². The second-order valence-corrected chi connectivity index (χ2v) is 9.44. The van der Waals surface area contributed by atoms with E-state index >= 15 is 0 Å². The van der Waals surface area contributed by atoms with Gasteiger partial charge in [-0.05, 0) is 51.1 Å². The minimum Gasteiger partial charge on any atom is -0.496 e. The van der Waals surface area contributed by atoms with Gasteiger partial charge in [0.15, 0.2) is 6.61 Å². The Kier molecular flexibility index (Phi) is 7.16. The summed E-state index contributed by atoms with van der Waals surface area (Å²) >= 11 is 0. The number of aromatic carboxylic acids is 1. The predicted molar refractivity (Wildman–Crippen MR) is 143 cm³/mol. The van der Waals surface area contributed by atoms with Gasteiger partial charge in [-0.15, -0.1) is 0 Å². The van der Waals surface area contributed by atoms with Crippen molar-refractivity contribution in [1.29, 1.82) is 0 Å². The Labute approximate surface area is 232 Å². The molecule has 1 N–H and O–H groups in total. The molecule has 0 amide bonds. The molecule has 212 valence electrons.